The molecular weight excluding hydrogens is 410 g/mol. The average molecular weight is 433 g/mol. The van der Waals surface area contributed by atoms with Gasteiger partial charge in [0.1, 0.15) is 30.3 Å². The molecule has 9 heteroatoms. The second kappa shape index (κ2) is 8.54. The number of hydrogen-bond acceptors (Lipinski definition) is 5. The molecule has 1 aliphatic rings. The van der Waals surface area contributed by atoms with E-state index < -0.39 is 23.4 Å². The van der Waals surface area contributed by atoms with Crippen LogP contribution in [0.4, 0.5) is 10.5 Å². The van der Waals surface area contributed by atoms with Crippen LogP contribution in [0, 0.1) is 0 Å². The van der Waals surface area contributed by atoms with Crippen molar-refractivity contribution in [2.75, 3.05) is 11.9 Å². The third-order valence-corrected chi connectivity index (χ3v) is 5.35. The zero-order chi connectivity index (χ0) is 22.7. The van der Waals surface area contributed by atoms with Crippen LogP contribution < -0.4 is 15.4 Å². The molecule has 0 radical (unpaired) electrons. The fourth-order valence-electron chi connectivity index (χ4n) is 3.47. The van der Waals surface area contributed by atoms with Crippen LogP contribution in [0.25, 0.3) is 0 Å². The number of hydrogen-bond donors (Lipinski definition) is 2. The normalized spacial score (nSPS) is 17.9. The number of nitrogens with zero attached hydrogens (tertiary/aromatic N) is 3. The zero-order valence-corrected chi connectivity index (χ0v) is 17.7. The molecule has 0 bridgehead atoms. The van der Waals surface area contributed by atoms with E-state index in [1.165, 1.54) is 0 Å². The van der Waals surface area contributed by atoms with Crippen molar-refractivity contribution in [3.63, 3.8) is 0 Å². The number of nitrogens with one attached hydrogen (secondary N) is 2. The molecule has 0 saturated carbocycles. The Morgan fingerprint density at radius 3 is 2.50 bits per heavy atom. The number of anilines is 1. The Hall–Kier alpha value is -4.14. The molecule has 0 spiro atoms. The van der Waals surface area contributed by atoms with Crippen molar-refractivity contribution in [1.82, 2.24) is 19.8 Å². The summed E-state index contributed by atoms with van der Waals surface area (Å²) in [6.07, 6.45) is 3.54. The van der Waals surface area contributed by atoms with Crippen molar-refractivity contribution in [3.8, 4) is 5.75 Å². The second-order valence-electron chi connectivity index (χ2n) is 7.63. The van der Waals surface area contributed by atoms with E-state index in [4.69, 9.17) is 4.74 Å². The molecule has 1 aliphatic heterocycles. The molecule has 2 heterocycles. The Morgan fingerprint density at radius 1 is 1.12 bits per heavy atom. The molecule has 2 aromatic carbocycles. The molecule has 4 amide bonds. The lowest BCUT2D eigenvalue weighted by Gasteiger charge is -2.22. The smallest absolute Gasteiger partial charge is 0.325 e. The SMILES string of the molecule is Cn1ccnc1COc1ccc(NC(=O)CN2C(=O)NC(C)(c3ccccc3)C2=O)cc1. The number of carbonyl (C=O) groups is 3. The number of ether oxygens (including phenoxy) is 1. The number of aromatic nitrogens is 2. The van der Waals surface area contributed by atoms with Crippen molar-refractivity contribution in [1.29, 1.82) is 0 Å². The number of aryl methyl sites for hydroxylation is 1. The predicted molar refractivity (Wildman–Crippen MR) is 117 cm³/mol. The Balaban J connectivity index is 1.35. The fourth-order valence-corrected chi connectivity index (χ4v) is 3.47. The summed E-state index contributed by atoms with van der Waals surface area (Å²) in [4.78, 5) is 42.9. The Labute approximate surface area is 185 Å². The van der Waals surface area contributed by atoms with Crippen LogP contribution in [-0.4, -0.2) is 38.8 Å². The number of imidazole rings is 1. The summed E-state index contributed by atoms with van der Waals surface area (Å²) in [5, 5.41) is 5.38. The molecule has 1 aromatic heterocycles. The second-order valence-corrected chi connectivity index (χ2v) is 7.63. The van der Waals surface area contributed by atoms with Gasteiger partial charge < -0.3 is 19.9 Å². The highest BCUT2D eigenvalue weighted by atomic mass is 16.5. The van der Waals surface area contributed by atoms with Crippen LogP contribution in [0.2, 0.25) is 0 Å². The summed E-state index contributed by atoms with van der Waals surface area (Å²) >= 11 is 0. The lowest BCUT2D eigenvalue weighted by atomic mass is 9.92. The van der Waals surface area contributed by atoms with Gasteiger partial charge in [-0.3, -0.25) is 14.5 Å². The predicted octanol–water partition coefficient (Wildman–Crippen LogP) is 2.40. The molecule has 0 aliphatic carbocycles. The van der Waals surface area contributed by atoms with E-state index in [1.807, 2.05) is 23.9 Å². The average Bonchev–Trinajstić information content (AvgIpc) is 3.30. The van der Waals surface area contributed by atoms with Crippen LogP contribution in [0.1, 0.15) is 18.3 Å². The van der Waals surface area contributed by atoms with Crippen LogP contribution in [0.5, 0.6) is 5.75 Å². The fraction of sp³-hybridized carbons (Fsp3) is 0.217. The first-order chi connectivity index (χ1) is 15.4. The van der Waals surface area contributed by atoms with E-state index in [1.54, 1.807) is 61.7 Å². The number of urea groups is 1. The molecule has 9 nitrogen and oxygen atoms in total. The molecular formula is C23H23N5O4. The number of carbonyl (C=O) groups excluding carboxylic acids is 3. The minimum atomic E-state index is -1.20. The Morgan fingerprint density at radius 2 is 1.84 bits per heavy atom. The topological polar surface area (TPSA) is 106 Å². The Bertz CT molecular complexity index is 1140. The van der Waals surface area contributed by atoms with Crippen LogP contribution in [0.15, 0.2) is 67.0 Å². The lowest BCUT2D eigenvalue weighted by Crippen LogP contribution is -2.42. The highest BCUT2D eigenvalue weighted by Crippen LogP contribution is 2.28. The third kappa shape index (κ3) is 4.18. The lowest BCUT2D eigenvalue weighted by molar-refractivity contribution is -0.133. The minimum Gasteiger partial charge on any atom is -0.486 e. The van der Waals surface area contributed by atoms with Gasteiger partial charge in [-0.1, -0.05) is 30.3 Å². The van der Waals surface area contributed by atoms with Gasteiger partial charge in [-0.05, 0) is 36.8 Å². The van der Waals surface area contributed by atoms with E-state index in [9.17, 15) is 14.4 Å². The van der Waals surface area contributed by atoms with E-state index >= 15 is 0 Å². The molecule has 1 fully saturated rings. The van der Waals surface area contributed by atoms with Crippen LogP contribution in [-0.2, 0) is 28.8 Å². The summed E-state index contributed by atoms with van der Waals surface area (Å²) in [6.45, 7) is 1.57. The van der Waals surface area contributed by atoms with Crippen molar-refractivity contribution in [2.24, 2.45) is 7.05 Å². The molecule has 164 valence electrons. The number of rotatable bonds is 7. The summed E-state index contributed by atoms with van der Waals surface area (Å²) in [5.74, 6) is 0.464. The van der Waals surface area contributed by atoms with Crippen molar-refractivity contribution < 1.29 is 19.1 Å². The van der Waals surface area contributed by atoms with Gasteiger partial charge >= 0.3 is 6.03 Å². The summed E-state index contributed by atoms with van der Waals surface area (Å²) < 4.78 is 7.56. The van der Waals surface area contributed by atoms with Gasteiger partial charge in [-0.25, -0.2) is 9.78 Å². The summed E-state index contributed by atoms with van der Waals surface area (Å²) in [5.41, 5.74) is -0.0234. The molecule has 1 saturated heterocycles. The third-order valence-electron chi connectivity index (χ3n) is 5.35. The van der Waals surface area contributed by atoms with E-state index in [0.29, 0.717) is 23.6 Å². The van der Waals surface area contributed by atoms with Crippen molar-refractivity contribution in [2.45, 2.75) is 19.1 Å². The molecule has 32 heavy (non-hydrogen) atoms. The van der Waals surface area contributed by atoms with Crippen molar-refractivity contribution >= 4 is 23.5 Å². The van der Waals surface area contributed by atoms with Crippen LogP contribution >= 0.6 is 0 Å². The van der Waals surface area contributed by atoms with Crippen molar-refractivity contribution in [3.05, 3.63) is 78.4 Å². The first-order valence-corrected chi connectivity index (χ1v) is 10.1. The maximum absolute atomic E-state index is 12.9. The first-order valence-electron chi connectivity index (χ1n) is 10.1. The van der Waals surface area contributed by atoms with Gasteiger partial charge in [0.2, 0.25) is 5.91 Å². The Kier molecular flexibility index (Phi) is 5.63. The highest BCUT2D eigenvalue weighted by Gasteiger charge is 2.49. The zero-order valence-electron chi connectivity index (χ0n) is 17.7. The first kappa shape index (κ1) is 21.1. The quantitative estimate of drug-likeness (QED) is 0.557. The molecule has 2 N–H and O–H groups in total. The van der Waals surface area contributed by atoms with Gasteiger partial charge in [-0.15, -0.1) is 0 Å². The summed E-state index contributed by atoms with van der Waals surface area (Å²) in [6, 6.07) is 15.1. The van der Waals surface area contributed by atoms with Gasteiger partial charge in [0.25, 0.3) is 5.91 Å². The molecule has 1 atom stereocenters. The van der Waals surface area contributed by atoms with Gasteiger partial charge in [0.15, 0.2) is 0 Å². The standard InChI is InChI=1S/C23H23N5O4/c1-23(16-6-4-3-5-7-16)21(30)28(22(31)26-23)14-20(29)25-17-8-10-18(11-9-17)32-15-19-24-12-13-27(19)2/h3-13H,14-15H2,1-2H3,(H,25,29)(H,26,31). The van der Waals surface area contributed by atoms with E-state index in [-0.39, 0.29) is 6.54 Å². The summed E-state index contributed by atoms with van der Waals surface area (Å²) in [7, 11) is 1.89. The van der Waals surface area contributed by atoms with Gasteiger partial charge in [0.05, 0.1) is 0 Å². The monoisotopic (exact) mass is 433 g/mol. The molecule has 4 rings (SSSR count). The number of benzene rings is 2. The highest BCUT2D eigenvalue weighted by molar-refractivity contribution is 6.10. The minimum absolute atomic E-state index is 0.321. The van der Waals surface area contributed by atoms with E-state index in [0.717, 1.165) is 10.7 Å². The van der Waals surface area contributed by atoms with Gasteiger partial charge in [0, 0.05) is 25.1 Å². The molecule has 1 unspecified atom stereocenters. The maximum Gasteiger partial charge on any atom is 0.325 e. The largest absolute Gasteiger partial charge is 0.486 e. The van der Waals surface area contributed by atoms with Crippen LogP contribution in [0.3, 0.4) is 0 Å². The van der Waals surface area contributed by atoms with E-state index in [2.05, 4.69) is 15.6 Å². The number of amides is 4. The number of imide groups is 1. The maximum atomic E-state index is 12.9. The molecule has 3 aromatic rings. The van der Waals surface area contributed by atoms with Gasteiger partial charge in [-0.2, -0.15) is 0 Å².